The van der Waals surface area contributed by atoms with Gasteiger partial charge in [-0.2, -0.15) is 0 Å². The first-order valence-electron chi connectivity index (χ1n) is 3.62. The van der Waals surface area contributed by atoms with Crippen molar-refractivity contribution >= 4 is 0 Å². The van der Waals surface area contributed by atoms with E-state index < -0.39 is 0 Å². The van der Waals surface area contributed by atoms with Crippen molar-refractivity contribution in [1.82, 2.24) is 0 Å². The zero-order valence-corrected chi connectivity index (χ0v) is 6.56. The lowest BCUT2D eigenvalue weighted by molar-refractivity contribution is -0.496. The van der Waals surface area contributed by atoms with Crippen LogP contribution in [0.2, 0.25) is 0 Å². The monoisotopic (exact) mass is 166 g/mol. The van der Waals surface area contributed by atoms with Crippen molar-refractivity contribution in [3.05, 3.63) is 45.5 Å². The maximum atomic E-state index is 10.1. The Morgan fingerprint density at radius 2 is 2.08 bits per heavy atom. The van der Waals surface area contributed by atoms with E-state index in [1.54, 1.807) is 18.2 Å². The molecule has 0 fully saturated rings. The average Bonchev–Trinajstić information content (AvgIpc) is 2.03. The molecule has 0 unspecified atom stereocenters. The van der Waals surface area contributed by atoms with E-state index in [0.717, 1.165) is 5.56 Å². The number of nitrogens with two attached hydrogens (primary N) is 1. The largest absolute Gasteiger partial charge is 0.326 e. The van der Waals surface area contributed by atoms with E-state index in [0.29, 0.717) is 12.1 Å². The number of nitrogens with zero attached hydrogens (tertiary/aromatic N) is 1. The van der Waals surface area contributed by atoms with Gasteiger partial charge in [-0.25, -0.2) is 0 Å². The highest BCUT2D eigenvalue weighted by atomic mass is 16.6. The summed E-state index contributed by atoms with van der Waals surface area (Å²) < 4.78 is 0. The van der Waals surface area contributed by atoms with Crippen LogP contribution in [-0.2, 0) is 13.1 Å². The summed E-state index contributed by atoms with van der Waals surface area (Å²) in [6, 6.07) is 7.11. The van der Waals surface area contributed by atoms with Crippen molar-refractivity contribution in [2.75, 3.05) is 0 Å². The summed E-state index contributed by atoms with van der Waals surface area (Å²) >= 11 is 0. The number of benzene rings is 1. The Balaban J connectivity index is 2.79. The predicted molar refractivity (Wildman–Crippen MR) is 45.0 cm³/mol. The predicted octanol–water partition coefficient (Wildman–Crippen LogP) is 0.922. The molecule has 0 spiro atoms. The first kappa shape index (κ1) is 8.67. The summed E-state index contributed by atoms with van der Waals surface area (Å²) in [5.74, 6) is 0. The summed E-state index contributed by atoms with van der Waals surface area (Å²) in [6.45, 7) is 0.291. The van der Waals surface area contributed by atoms with Gasteiger partial charge in [-0.05, 0) is 11.6 Å². The van der Waals surface area contributed by atoms with E-state index in [9.17, 15) is 10.1 Å². The lowest BCUT2D eigenvalue weighted by Gasteiger charge is -1.98. The summed E-state index contributed by atoms with van der Waals surface area (Å²) in [7, 11) is 0. The molecule has 0 atom stereocenters. The van der Waals surface area contributed by atoms with Crippen molar-refractivity contribution in [1.29, 1.82) is 0 Å². The third-order valence-electron chi connectivity index (χ3n) is 1.54. The molecule has 0 radical (unpaired) electrons. The molecule has 0 saturated heterocycles. The van der Waals surface area contributed by atoms with Crippen LogP contribution in [0.1, 0.15) is 11.1 Å². The molecular formula is C8H10N2O2. The van der Waals surface area contributed by atoms with Gasteiger partial charge in [0.15, 0.2) is 0 Å². The van der Waals surface area contributed by atoms with Gasteiger partial charge in [0, 0.05) is 17.0 Å². The van der Waals surface area contributed by atoms with Gasteiger partial charge in [0.2, 0.25) is 6.54 Å². The molecule has 1 aromatic carbocycles. The minimum atomic E-state index is -0.352. The normalized spacial score (nSPS) is 9.75. The molecule has 0 saturated carbocycles. The number of hydrogen-bond acceptors (Lipinski definition) is 3. The Labute approximate surface area is 70.2 Å². The van der Waals surface area contributed by atoms with Crippen LogP contribution in [0.4, 0.5) is 0 Å². The second kappa shape index (κ2) is 3.82. The molecule has 0 heterocycles. The number of nitro groups is 1. The van der Waals surface area contributed by atoms with E-state index in [4.69, 9.17) is 5.73 Å². The lowest BCUT2D eigenvalue weighted by Crippen LogP contribution is -2.01. The lowest BCUT2D eigenvalue weighted by atomic mass is 10.1. The molecule has 1 aromatic rings. The van der Waals surface area contributed by atoms with Crippen LogP contribution in [0, 0.1) is 10.1 Å². The smallest absolute Gasteiger partial charge is 0.228 e. The maximum Gasteiger partial charge on any atom is 0.228 e. The first-order valence-corrected chi connectivity index (χ1v) is 3.62. The topological polar surface area (TPSA) is 69.2 Å². The quantitative estimate of drug-likeness (QED) is 0.536. The zero-order valence-electron chi connectivity index (χ0n) is 6.56. The SMILES string of the molecule is NCc1cccc(C[N+](=O)[O-])c1. The van der Waals surface area contributed by atoms with Crippen molar-refractivity contribution in [2.24, 2.45) is 5.73 Å². The first-order chi connectivity index (χ1) is 5.72. The van der Waals surface area contributed by atoms with Crippen molar-refractivity contribution in [3.63, 3.8) is 0 Å². The van der Waals surface area contributed by atoms with E-state index in [2.05, 4.69) is 0 Å². The highest BCUT2D eigenvalue weighted by Crippen LogP contribution is 2.05. The van der Waals surface area contributed by atoms with Gasteiger partial charge in [0.1, 0.15) is 0 Å². The molecule has 0 aliphatic rings. The average molecular weight is 166 g/mol. The molecule has 1 rings (SSSR count). The second-order valence-corrected chi connectivity index (χ2v) is 2.51. The zero-order chi connectivity index (χ0) is 8.97. The fourth-order valence-electron chi connectivity index (χ4n) is 1.00. The number of hydrogen-bond donors (Lipinski definition) is 1. The Bertz CT molecular complexity index is 286. The van der Waals surface area contributed by atoms with Crippen LogP contribution in [0.5, 0.6) is 0 Å². The molecule has 4 nitrogen and oxygen atoms in total. The molecule has 0 bridgehead atoms. The van der Waals surface area contributed by atoms with Gasteiger partial charge in [0.25, 0.3) is 0 Å². The Morgan fingerprint density at radius 1 is 1.42 bits per heavy atom. The molecule has 64 valence electrons. The summed E-state index contributed by atoms with van der Waals surface area (Å²) in [5.41, 5.74) is 7.00. The van der Waals surface area contributed by atoms with Crippen molar-refractivity contribution in [3.8, 4) is 0 Å². The van der Waals surface area contributed by atoms with Crippen LogP contribution >= 0.6 is 0 Å². The van der Waals surface area contributed by atoms with Crippen LogP contribution in [-0.4, -0.2) is 4.92 Å². The molecule has 0 aliphatic carbocycles. The molecular weight excluding hydrogens is 156 g/mol. The van der Waals surface area contributed by atoms with Gasteiger partial charge >= 0.3 is 0 Å². The van der Waals surface area contributed by atoms with Crippen LogP contribution in [0.15, 0.2) is 24.3 Å². The fraction of sp³-hybridized carbons (Fsp3) is 0.250. The maximum absolute atomic E-state index is 10.1. The molecule has 0 amide bonds. The highest BCUT2D eigenvalue weighted by molar-refractivity contribution is 5.22. The van der Waals surface area contributed by atoms with Gasteiger partial charge in [-0.1, -0.05) is 18.2 Å². The minimum absolute atomic E-state index is 0.131. The van der Waals surface area contributed by atoms with Crippen LogP contribution in [0.25, 0.3) is 0 Å². The molecule has 4 heteroatoms. The van der Waals surface area contributed by atoms with Crippen molar-refractivity contribution < 1.29 is 4.92 Å². The van der Waals surface area contributed by atoms with E-state index in [1.165, 1.54) is 0 Å². The van der Waals surface area contributed by atoms with Crippen LogP contribution in [0.3, 0.4) is 0 Å². The fourth-order valence-corrected chi connectivity index (χ4v) is 1.00. The van der Waals surface area contributed by atoms with Gasteiger partial charge in [-0.3, -0.25) is 10.1 Å². The molecule has 12 heavy (non-hydrogen) atoms. The van der Waals surface area contributed by atoms with Crippen molar-refractivity contribution in [2.45, 2.75) is 13.1 Å². The second-order valence-electron chi connectivity index (χ2n) is 2.51. The third kappa shape index (κ3) is 2.32. The van der Waals surface area contributed by atoms with Gasteiger partial charge in [0.05, 0.1) is 0 Å². The number of rotatable bonds is 3. The van der Waals surface area contributed by atoms with E-state index in [-0.39, 0.29) is 11.5 Å². The summed E-state index contributed by atoms with van der Waals surface area (Å²) in [4.78, 5) is 9.79. The molecule has 0 aliphatic heterocycles. The third-order valence-corrected chi connectivity index (χ3v) is 1.54. The van der Waals surface area contributed by atoms with E-state index >= 15 is 0 Å². The summed E-state index contributed by atoms with van der Waals surface area (Å²) in [5, 5.41) is 10.1. The molecule has 0 aromatic heterocycles. The summed E-state index contributed by atoms with van der Waals surface area (Å²) in [6.07, 6.45) is 0. The Morgan fingerprint density at radius 3 is 2.67 bits per heavy atom. The molecule has 2 N–H and O–H groups in total. The van der Waals surface area contributed by atoms with Gasteiger partial charge in [-0.15, -0.1) is 0 Å². The standard InChI is InChI=1S/C8H10N2O2/c9-5-7-2-1-3-8(4-7)6-10(11)12/h1-4H,5-6,9H2. The Kier molecular flexibility index (Phi) is 2.76. The Hall–Kier alpha value is -1.42. The van der Waals surface area contributed by atoms with E-state index in [1.807, 2.05) is 6.07 Å². The minimum Gasteiger partial charge on any atom is -0.326 e. The van der Waals surface area contributed by atoms with Gasteiger partial charge < -0.3 is 5.73 Å². The van der Waals surface area contributed by atoms with Crippen LogP contribution < -0.4 is 5.73 Å². The highest BCUT2D eigenvalue weighted by Gasteiger charge is 2.00.